The summed E-state index contributed by atoms with van der Waals surface area (Å²) in [7, 11) is -1.94. The maximum absolute atomic E-state index is 12.6. The molecule has 27 heavy (non-hydrogen) atoms. The molecule has 1 aliphatic rings. The molecule has 9 heteroatoms. The van der Waals surface area contributed by atoms with Crippen LogP contribution in [0.4, 0.5) is 0 Å². The third-order valence-corrected chi connectivity index (χ3v) is 6.32. The number of benzene rings is 1. The van der Waals surface area contributed by atoms with Crippen LogP contribution >= 0.6 is 0 Å². The fraction of sp³-hybridized carbons (Fsp3) is 0.278. The Morgan fingerprint density at radius 2 is 2.00 bits per heavy atom. The van der Waals surface area contributed by atoms with Crippen molar-refractivity contribution in [2.75, 3.05) is 20.2 Å². The molecule has 3 aromatic rings. The van der Waals surface area contributed by atoms with Crippen LogP contribution in [0.2, 0.25) is 0 Å². The van der Waals surface area contributed by atoms with Crippen LogP contribution in [0, 0.1) is 5.92 Å². The number of pyridine rings is 1. The highest BCUT2D eigenvalue weighted by atomic mass is 32.2. The topological polar surface area (TPSA) is 98.4 Å². The Morgan fingerprint density at radius 3 is 2.67 bits per heavy atom. The van der Waals surface area contributed by atoms with E-state index in [1.54, 1.807) is 49.8 Å². The second-order valence-electron chi connectivity index (χ2n) is 6.32. The Hall–Kier alpha value is -2.78. The van der Waals surface area contributed by atoms with Crippen molar-refractivity contribution in [3.8, 4) is 17.1 Å². The van der Waals surface area contributed by atoms with Gasteiger partial charge in [-0.1, -0.05) is 5.16 Å². The molecule has 0 saturated carbocycles. The van der Waals surface area contributed by atoms with Gasteiger partial charge in [0.15, 0.2) is 0 Å². The van der Waals surface area contributed by atoms with E-state index in [4.69, 9.17) is 9.26 Å². The number of hydrogen-bond acceptors (Lipinski definition) is 7. The normalized spacial score (nSPS) is 15.4. The molecule has 0 aliphatic carbocycles. The minimum atomic E-state index is -3.49. The summed E-state index contributed by atoms with van der Waals surface area (Å²) in [6.45, 7) is 0.859. The third kappa shape index (κ3) is 3.56. The molecular formula is C18H18N4O4S. The number of rotatable bonds is 6. The van der Waals surface area contributed by atoms with Crippen LogP contribution in [-0.2, 0) is 16.4 Å². The zero-order valence-corrected chi connectivity index (χ0v) is 15.5. The first-order chi connectivity index (χ1) is 13.1. The SMILES string of the molecule is COc1ccc(S(=O)(=O)N2CC(Cc3nc(-c4cccnc4)no3)C2)cc1. The molecule has 1 aromatic carbocycles. The monoisotopic (exact) mass is 386 g/mol. The van der Waals surface area contributed by atoms with E-state index >= 15 is 0 Å². The largest absolute Gasteiger partial charge is 0.497 e. The van der Waals surface area contributed by atoms with Gasteiger partial charge in [-0.2, -0.15) is 9.29 Å². The molecule has 0 radical (unpaired) electrons. The molecule has 4 rings (SSSR count). The first-order valence-corrected chi connectivity index (χ1v) is 9.87. The molecule has 2 aromatic heterocycles. The van der Waals surface area contributed by atoms with Crippen molar-refractivity contribution in [3.05, 3.63) is 54.7 Å². The minimum absolute atomic E-state index is 0.153. The van der Waals surface area contributed by atoms with Crippen molar-refractivity contribution in [1.82, 2.24) is 19.4 Å². The van der Waals surface area contributed by atoms with Gasteiger partial charge in [-0.3, -0.25) is 4.98 Å². The zero-order valence-electron chi connectivity index (χ0n) is 14.6. The Morgan fingerprint density at radius 1 is 1.22 bits per heavy atom. The van der Waals surface area contributed by atoms with Gasteiger partial charge in [-0.15, -0.1) is 0 Å². The van der Waals surface area contributed by atoms with Crippen LogP contribution in [0.25, 0.3) is 11.4 Å². The number of sulfonamides is 1. The minimum Gasteiger partial charge on any atom is -0.497 e. The van der Waals surface area contributed by atoms with Gasteiger partial charge in [0.25, 0.3) is 0 Å². The number of hydrogen-bond donors (Lipinski definition) is 0. The molecule has 0 atom stereocenters. The summed E-state index contributed by atoms with van der Waals surface area (Å²) in [6, 6.07) is 10.1. The smallest absolute Gasteiger partial charge is 0.243 e. The number of ether oxygens (including phenoxy) is 1. The maximum atomic E-state index is 12.6. The quantitative estimate of drug-likeness (QED) is 0.639. The van der Waals surface area contributed by atoms with Crippen LogP contribution in [0.1, 0.15) is 5.89 Å². The number of aromatic nitrogens is 3. The number of methoxy groups -OCH3 is 1. The van der Waals surface area contributed by atoms with Gasteiger partial charge in [-0.05, 0) is 42.3 Å². The lowest BCUT2D eigenvalue weighted by atomic mass is 9.99. The molecule has 0 amide bonds. The standard InChI is InChI=1S/C18H18N4O4S/c1-25-15-4-6-16(7-5-15)27(23,24)22-11-13(12-22)9-17-20-18(21-26-17)14-3-2-8-19-10-14/h2-8,10,13H,9,11-12H2,1H3. The molecule has 1 aliphatic heterocycles. The third-order valence-electron chi connectivity index (χ3n) is 4.47. The van der Waals surface area contributed by atoms with E-state index in [-0.39, 0.29) is 10.8 Å². The van der Waals surface area contributed by atoms with Crippen LogP contribution in [0.15, 0.2) is 58.2 Å². The van der Waals surface area contributed by atoms with E-state index < -0.39 is 10.0 Å². The summed E-state index contributed by atoms with van der Waals surface area (Å²) < 4.78 is 37.1. The molecule has 0 spiro atoms. The first kappa shape index (κ1) is 17.6. The molecule has 1 fully saturated rings. The highest BCUT2D eigenvalue weighted by Crippen LogP contribution is 2.28. The van der Waals surface area contributed by atoms with Crippen molar-refractivity contribution in [1.29, 1.82) is 0 Å². The predicted molar refractivity (Wildman–Crippen MR) is 96.5 cm³/mol. The Balaban J connectivity index is 1.37. The van der Waals surface area contributed by atoms with Gasteiger partial charge in [0.05, 0.1) is 12.0 Å². The maximum Gasteiger partial charge on any atom is 0.243 e. The second kappa shape index (κ2) is 7.09. The van der Waals surface area contributed by atoms with Gasteiger partial charge in [0, 0.05) is 37.5 Å². The van der Waals surface area contributed by atoms with Crippen molar-refractivity contribution in [3.63, 3.8) is 0 Å². The first-order valence-electron chi connectivity index (χ1n) is 8.43. The van der Waals surface area contributed by atoms with Gasteiger partial charge in [0.2, 0.25) is 21.7 Å². The van der Waals surface area contributed by atoms with Gasteiger partial charge in [0.1, 0.15) is 5.75 Å². The summed E-state index contributed by atoms with van der Waals surface area (Å²) in [5.74, 6) is 1.76. The summed E-state index contributed by atoms with van der Waals surface area (Å²) in [5, 5.41) is 3.96. The van der Waals surface area contributed by atoms with Gasteiger partial charge < -0.3 is 9.26 Å². The van der Waals surface area contributed by atoms with Crippen LogP contribution in [0.3, 0.4) is 0 Å². The lowest BCUT2D eigenvalue weighted by Gasteiger charge is -2.37. The molecule has 0 N–H and O–H groups in total. The highest BCUT2D eigenvalue weighted by molar-refractivity contribution is 7.89. The fourth-order valence-electron chi connectivity index (χ4n) is 2.94. The van der Waals surface area contributed by atoms with E-state index in [1.807, 2.05) is 6.07 Å². The average molecular weight is 386 g/mol. The zero-order chi connectivity index (χ0) is 18.9. The van der Waals surface area contributed by atoms with Crippen molar-refractivity contribution >= 4 is 10.0 Å². The van der Waals surface area contributed by atoms with E-state index in [0.717, 1.165) is 5.56 Å². The average Bonchev–Trinajstić information content (AvgIpc) is 3.13. The summed E-state index contributed by atoms with van der Waals surface area (Å²) in [5.41, 5.74) is 0.782. The summed E-state index contributed by atoms with van der Waals surface area (Å²) in [6.07, 6.45) is 3.89. The predicted octanol–water partition coefficient (Wildman–Crippen LogP) is 2.00. The number of nitrogens with zero attached hydrogens (tertiary/aromatic N) is 4. The van der Waals surface area contributed by atoms with Crippen LogP contribution in [0.5, 0.6) is 5.75 Å². The Labute approximate surface area is 156 Å². The molecular weight excluding hydrogens is 368 g/mol. The Bertz CT molecular complexity index is 1010. The molecule has 3 heterocycles. The van der Waals surface area contributed by atoms with E-state index in [1.165, 1.54) is 4.31 Å². The Kier molecular flexibility index (Phi) is 4.63. The summed E-state index contributed by atoms with van der Waals surface area (Å²) in [4.78, 5) is 8.66. The molecule has 0 bridgehead atoms. The summed E-state index contributed by atoms with van der Waals surface area (Å²) >= 11 is 0. The van der Waals surface area contributed by atoms with E-state index in [9.17, 15) is 8.42 Å². The highest BCUT2D eigenvalue weighted by Gasteiger charge is 2.37. The van der Waals surface area contributed by atoms with Gasteiger partial charge in [-0.25, -0.2) is 8.42 Å². The lowest BCUT2D eigenvalue weighted by molar-refractivity contribution is 0.186. The van der Waals surface area contributed by atoms with Crippen LogP contribution in [-0.4, -0.2) is 48.0 Å². The van der Waals surface area contributed by atoms with Gasteiger partial charge >= 0.3 is 0 Å². The fourth-order valence-corrected chi connectivity index (χ4v) is 4.53. The van der Waals surface area contributed by atoms with Crippen molar-refractivity contribution in [2.45, 2.75) is 11.3 Å². The van der Waals surface area contributed by atoms with Crippen molar-refractivity contribution < 1.29 is 17.7 Å². The van der Waals surface area contributed by atoms with Crippen LogP contribution < -0.4 is 4.74 Å². The molecule has 0 unspecified atom stereocenters. The van der Waals surface area contributed by atoms with E-state index in [0.29, 0.717) is 37.0 Å². The van der Waals surface area contributed by atoms with E-state index in [2.05, 4.69) is 15.1 Å². The molecule has 1 saturated heterocycles. The lowest BCUT2D eigenvalue weighted by Crippen LogP contribution is -2.50. The molecule has 8 nitrogen and oxygen atoms in total. The second-order valence-corrected chi connectivity index (χ2v) is 8.26. The van der Waals surface area contributed by atoms with Crippen molar-refractivity contribution in [2.24, 2.45) is 5.92 Å². The molecule has 140 valence electrons.